The first-order chi connectivity index (χ1) is 7.23. The Balaban J connectivity index is 4.69. The van der Waals surface area contributed by atoms with E-state index in [4.69, 9.17) is 11.6 Å². The Hall–Kier alpha value is -0.780. The summed E-state index contributed by atoms with van der Waals surface area (Å²) in [4.78, 5) is 21.9. The molecule has 0 aliphatic rings. The van der Waals surface area contributed by atoms with Gasteiger partial charge >= 0.3 is 12.1 Å². The average Bonchev–Trinajstić information content (AvgIpc) is 2.21. The monoisotopic (exact) mass is 259 g/mol. The Bertz CT molecular complexity index is 268. The largest absolute Gasteiger partial charge is 0.471 e. The lowest BCUT2D eigenvalue weighted by Gasteiger charge is -2.22. The highest BCUT2D eigenvalue weighted by Crippen LogP contribution is 2.17. The van der Waals surface area contributed by atoms with E-state index in [1.165, 1.54) is 0 Å². The first-order valence-electron chi connectivity index (χ1n) is 4.70. The Morgan fingerprint density at radius 1 is 1.38 bits per heavy atom. The van der Waals surface area contributed by atoms with Crippen molar-refractivity contribution in [2.45, 2.75) is 32.5 Å². The number of halogens is 4. The summed E-state index contributed by atoms with van der Waals surface area (Å²) in [5.74, 6) is -3.55. The lowest BCUT2D eigenvalue weighted by atomic mass is 9.96. The topological polar surface area (TPSA) is 46.2 Å². The van der Waals surface area contributed by atoms with Gasteiger partial charge in [-0.15, -0.1) is 11.6 Å². The van der Waals surface area contributed by atoms with Crippen molar-refractivity contribution in [3.63, 3.8) is 0 Å². The minimum Gasteiger partial charge on any atom is -0.338 e. The molecule has 7 heteroatoms. The van der Waals surface area contributed by atoms with Crippen LogP contribution in [0.25, 0.3) is 0 Å². The van der Waals surface area contributed by atoms with E-state index >= 15 is 0 Å². The summed E-state index contributed by atoms with van der Waals surface area (Å²) in [7, 11) is 0. The maximum atomic E-state index is 12.0. The van der Waals surface area contributed by atoms with Crippen molar-refractivity contribution < 1.29 is 22.8 Å². The first kappa shape index (κ1) is 15.2. The van der Waals surface area contributed by atoms with Gasteiger partial charge in [0.05, 0.1) is 11.9 Å². The molecule has 16 heavy (non-hydrogen) atoms. The summed E-state index contributed by atoms with van der Waals surface area (Å²) in [5, 5.41) is 1.66. The second-order valence-electron chi connectivity index (χ2n) is 3.43. The zero-order valence-electron chi connectivity index (χ0n) is 8.90. The number of hydrogen-bond acceptors (Lipinski definition) is 2. The number of ketones is 1. The van der Waals surface area contributed by atoms with E-state index in [0.29, 0.717) is 6.42 Å². The van der Waals surface area contributed by atoms with Crippen LogP contribution >= 0.6 is 11.6 Å². The van der Waals surface area contributed by atoms with Crippen LogP contribution in [0.2, 0.25) is 0 Å². The maximum absolute atomic E-state index is 12.0. The van der Waals surface area contributed by atoms with Crippen molar-refractivity contribution in [3.8, 4) is 0 Å². The molecule has 0 aliphatic carbocycles. The van der Waals surface area contributed by atoms with Crippen molar-refractivity contribution in [2.75, 3.05) is 5.88 Å². The smallest absolute Gasteiger partial charge is 0.338 e. The number of Topliss-reactive ketones (excluding diaryl/α,β-unsaturated/α-hetero) is 1. The summed E-state index contributed by atoms with van der Waals surface area (Å²) in [5.41, 5.74) is 0. The predicted octanol–water partition coefficient (Wildman–Crippen LogP) is 1.89. The van der Waals surface area contributed by atoms with Crippen molar-refractivity contribution in [2.24, 2.45) is 5.92 Å². The van der Waals surface area contributed by atoms with Crippen LogP contribution in [0.15, 0.2) is 0 Å². The van der Waals surface area contributed by atoms with Crippen LogP contribution in [0.1, 0.15) is 20.3 Å². The molecular weight excluding hydrogens is 247 g/mol. The highest BCUT2D eigenvalue weighted by Gasteiger charge is 2.41. The standard InChI is InChI=1S/C9H13ClF3NO2/c1-3-5(2)7(6(15)4-10)14-8(16)9(11,12)13/h5,7H,3-4H2,1-2H3,(H,14,16). The van der Waals surface area contributed by atoms with E-state index in [1.54, 1.807) is 19.2 Å². The zero-order chi connectivity index (χ0) is 12.9. The Kier molecular flexibility index (Phi) is 5.78. The number of carbonyl (C=O) groups is 2. The maximum Gasteiger partial charge on any atom is 0.471 e. The Labute approximate surface area is 96.3 Å². The normalized spacial score (nSPS) is 15.4. The number of rotatable bonds is 5. The molecule has 1 amide bonds. The molecule has 0 aromatic carbocycles. The molecule has 0 heterocycles. The fourth-order valence-corrected chi connectivity index (χ4v) is 1.25. The molecule has 0 saturated heterocycles. The summed E-state index contributed by atoms with van der Waals surface area (Å²) in [6, 6.07) is -1.18. The van der Waals surface area contributed by atoms with Gasteiger partial charge in [-0.3, -0.25) is 9.59 Å². The fraction of sp³-hybridized carbons (Fsp3) is 0.778. The lowest BCUT2D eigenvalue weighted by molar-refractivity contribution is -0.175. The number of amides is 1. The quantitative estimate of drug-likeness (QED) is 0.767. The molecule has 1 N–H and O–H groups in total. The summed E-state index contributed by atoms with van der Waals surface area (Å²) >= 11 is 5.26. The molecule has 94 valence electrons. The highest BCUT2D eigenvalue weighted by atomic mass is 35.5. The molecule has 3 nitrogen and oxygen atoms in total. The zero-order valence-corrected chi connectivity index (χ0v) is 9.65. The predicted molar refractivity (Wildman–Crippen MR) is 53.2 cm³/mol. The molecule has 0 aliphatic heterocycles. The Morgan fingerprint density at radius 3 is 2.19 bits per heavy atom. The third kappa shape index (κ3) is 4.38. The molecule has 2 atom stereocenters. The second kappa shape index (κ2) is 6.08. The van der Waals surface area contributed by atoms with Crippen LogP contribution in [0, 0.1) is 5.92 Å². The lowest BCUT2D eigenvalue weighted by Crippen LogP contribution is -2.50. The number of hydrogen-bond donors (Lipinski definition) is 1. The molecular formula is C9H13ClF3NO2. The second-order valence-corrected chi connectivity index (χ2v) is 3.70. The van der Waals surface area contributed by atoms with Gasteiger partial charge < -0.3 is 5.32 Å². The van der Waals surface area contributed by atoms with Crippen LogP contribution in [0.3, 0.4) is 0 Å². The molecule has 0 rings (SSSR count). The molecule has 2 unspecified atom stereocenters. The highest BCUT2D eigenvalue weighted by molar-refractivity contribution is 6.28. The molecule has 0 fully saturated rings. The van der Waals surface area contributed by atoms with Crippen LogP contribution < -0.4 is 5.32 Å². The van der Waals surface area contributed by atoms with Crippen molar-refractivity contribution >= 4 is 23.3 Å². The van der Waals surface area contributed by atoms with Crippen molar-refractivity contribution in [1.82, 2.24) is 5.32 Å². The van der Waals surface area contributed by atoms with Crippen LogP contribution in [-0.4, -0.2) is 29.8 Å². The van der Waals surface area contributed by atoms with Gasteiger partial charge in [0.1, 0.15) is 0 Å². The van der Waals surface area contributed by atoms with Crippen molar-refractivity contribution in [3.05, 3.63) is 0 Å². The fourth-order valence-electron chi connectivity index (χ4n) is 1.08. The van der Waals surface area contributed by atoms with Gasteiger partial charge in [0.15, 0.2) is 5.78 Å². The van der Waals surface area contributed by atoms with E-state index < -0.39 is 35.7 Å². The van der Waals surface area contributed by atoms with Gasteiger partial charge in [0.25, 0.3) is 0 Å². The van der Waals surface area contributed by atoms with Gasteiger partial charge in [0, 0.05) is 0 Å². The van der Waals surface area contributed by atoms with Crippen molar-refractivity contribution in [1.29, 1.82) is 0 Å². The third-order valence-corrected chi connectivity index (χ3v) is 2.50. The minimum absolute atomic E-state index is 0.391. The van der Waals surface area contributed by atoms with Crippen LogP contribution in [0.5, 0.6) is 0 Å². The molecule has 0 aromatic heterocycles. The summed E-state index contributed by atoms with van der Waals surface area (Å²) in [6.07, 6.45) is -4.52. The third-order valence-electron chi connectivity index (χ3n) is 2.24. The number of alkyl halides is 4. The number of carbonyl (C=O) groups excluding carboxylic acids is 2. The molecule has 0 saturated carbocycles. The molecule has 0 spiro atoms. The van der Waals surface area contributed by atoms with Gasteiger partial charge in [-0.2, -0.15) is 13.2 Å². The van der Waals surface area contributed by atoms with Gasteiger partial charge in [-0.25, -0.2) is 0 Å². The van der Waals surface area contributed by atoms with Gasteiger partial charge in [0.2, 0.25) is 0 Å². The van der Waals surface area contributed by atoms with Crippen LogP contribution in [-0.2, 0) is 9.59 Å². The SMILES string of the molecule is CCC(C)C(NC(=O)C(F)(F)F)C(=O)CCl. The van der Waals surface area contributed by atoms with Gasteiger partial charge in [-0.05, 0) is 5.92 Å². The molecule has 0 radical (unpaired) electrons. The van der Waals surface area contributed by atoms with E-state index in [0.717, 1.165) is 0 Å². The molecule has 0 bridgehead atoms. The average molecular weight is 260 g/mol. The van der Waals surface area contributed by atoms with E-state index in [2.05, 4.69) is 0 Å². The van der Waals surface area contributed by atoms with Gasteiger partial charge in [-0.1, -0.05) is 20.3 Å². The number of nitrogens with one attached hydrogen (secondary N) is 1. The van der Waals surface area contributed by atoms with E-state index in [-0.39, 0.29) is 0 Å². The Morgan fingerprint density at radius 2 is 1.88 bits per heavy atom. The summed E-state index contributed by atoms with van der Waals surface area (Å²) in [6.45, 7) is 3.28. The van der Waals surface area contributed by atoms with E-state index in [1.807, 2.05) is 0 Å². The van der Waals surface area contributed by atoms with Crippen LogP contribution in [0.4, 0.5) is 13.2 Å². The first-order valence-corrected chi connectivity index (χ1v) is 5.23. The summed E-state index contributed by atoms with van der Waals surface area (Å²) < 4.78 is 36.0. The van der Waals surface area contributed by atoms with E-state index in [9.17, 15) is 22.8 Å². The minimum atomic E-state index is -4.99. The molecule has 0 aromatic rings.